The fourth-order valence-electron chi connectivity index (χ4n) is 9.11. The normalized spacial score (nSPS) is 25.9. The zero-order chi connectivity index (χ0) is 32.2. The van der Waals surface area contributed by atoms with Crippen LogP contribution in [-0.4, -0.2) is 59.0 Å². The van der Waals surface area contributed by atoms with Crippen molar-refractivity contribution >= 4 is 23.5 Å². The summed E-state index contributed by atoms with van der Waals surface area (Å²) in [6.07, 6.45) is 7.96. The van der Waals surface area contributed by atoms with Gasteiger partial charge in [-0.25, -0.2) is 9.48 Å². The van der Waals surface area contributed by atoms with Gasteiger partial charge in [0.2, 0.25) is 5.91 Å². The lowest BCUT2D eigenvalue weighted by atomic mass is 9.48. The van der Waals surface area contributed by atoms with Crippen LogP contribution in [0, 0.1) is 23.7 Å². The third-order valence-corrected chi connectivity index (χ3v) is 10.9. The van der Waals surface area contributed by atoms with Gasteiger partial charge in [0.1, 0.15) is 17.0 Å². The van der Waals surface area contributed by atoms with Crippen LogP contribution in [0.25, 0.3) is 16.9 Å². The van der Waals surface area contributed by atoms with Gasteiger partial charge in [-0.3, -0.25) is 9.59 Å². The van der Waals surface area contributed by atoms with Gasteiger partial charge in [-0.05, 0) is 123 Å². The molecule has 11 heteroatoms. The maximum Gasteiger partial charge on any atom is 0.330 e. The summed E-state index contributed by atoms with van der Waals surface area (Å²) in [4.78, 5) is 39.5. The third kappa shape index (κ3) is 4.83. The summed E-state index contributed by atoms with van der Waals surface area (Å²) in [6.45, 7) is -0.118. The van der Waals surface area contributed by atoms with E-state index >= 15 is 0 Å². The number of rotatable bonds is 9. The Morgan fingerprint density at radius 3 is 2.17 bits per heavy atom. The number of hydrogen-bond donors (Lipinski definition) is 4. The van der Waals surface area contributed by atoms with E-state index in [2.05, 4.69) is 10.6 Å². The molecule has 0 aliphatic heterocycles. The molecule has 46 heavy (non-hydrogen) atoms. The van der Waals surface area contributed by atoms with Crippen molar-refractivity contribution in [2.24, 2.45) is 29.4 Å². The van der Waals surface area contributed by atoms with E-state index in [-0.39, 0.29) is 30.0 Å². The highest BCUT2D eigenvalue weighted by Crippen LogP contribution is 2.58. The quantitative estimate of drug-likeness (QED) is 0.273. The summed E-state index contributed by atoms with van der Waals surface area (Å²) < 4.78 is 13.3. The molecule has 4 fully saturated rings. The van der Waals surface area contributed by atoms with Crippen LogP contribution in [0.1, 0.15) is 66.6 Å². The summed E-state index contributed by atoms with van der Waals surface area (Å²) in [5.41, 5.74) is 9.12. The lowest BCUT2D eigenvalue weighted by molar-refractivity contribution is -0.163. The molecule has 0 radical (unpaired) electrons. The van der Waals surface area contributed by atoms with Gasteiger partial charge >= 0.3 is 5.97 Å². The van der Waals surface area contributed by atoms with E-state index in [1.807, 2.05) is 30.3 Å². The van der Waals surface area contributed by atoms with Crippen molar-refractivity contribution in [3.63, 3.8) is 0 Å². The zero-order valence-electron chi connectivity index (χ0n) is 26.3. The second-order valence-electron chi connectivity index (χ2n) is 13.3. The van der Waals surface area contributed by atoms with E-state index in [9.17, 15) is 19.5 Å². The highest BCUT2D eigenvalue weighted by Gasteiger charge is 2.62. The molecule has 2 amide bonds. The number of ether oxygens (including phenoxy) is 2. The number of nitrogens with two attached hydrogens (primary N) is 1. The molecule has 3 aromatic rings. The molecule has 5 aliphatic rings. The number of amides is 2. The van der Waals surface area contributed by atoms with Gasteiger partial charge in [0.25, 0.3) is 5.91 Å². The minimum Gasteiger partial charge on any atom is -0.496 e. The lowest BCUT2D eigenvalue weighted by Crippen LogP contribution is -2.70. The van der Waals surface area contributed by atoms with Gasteiger partial charge in [-0.15, -0.1) is 0 Å². The summed E-state index contributed by atoms with van der Waals surface area (Å²) in [6, 6.07) is 10.9. The van der Waals surface area contributed by atoms with Crippen LogP contribution in [-0.2, 0) is 22.4 Å². The number of carbonyl (C=O) groups is 3. The van der Waals surface area contributed by atoms with Crippen LogP contribution in [0.15, 0.2) is 36.4 Å². The van der Waals surface area contributed by atoms with E-state index in [1.165, 1.54) is 6.42 Å². The van der Waals surface area contributed by atoms with E-state index in [0.29, 0.717) is 34.6 Å². The maximum atomic E-state index is 14.2. The molecule has 1 heterocycles. The van der Waals surface area contributed by atoms with Crippen LogP contribution in [0.4, 0.5) is 5.69 Å². The van der Waals surface area contributed by atoms with Crippen molar-refractivity contribution in [3.8, 4) is 28.4 Å². The first-order valence-electron chi connectivity index (χ1n) is 16.3. The number of anilines is 1. The summed E-state index contributed by atoms with van der Waals surface area (Å²) >= 11 is 0. The van der Waals surface area contributed by atoms with Crippen molar-refractivity contribution in [1.82, 2.24) is 15.1 Å². The number of carbonyl (C=O) groups excluding carboxylic acids is 2. The van der Waals surface area contributed by atoms with Crippen molar-refractivity contribution in [2.45, 2.75) is 63.3 Å². The monoisotopic (exact) mass is 627 g/mol. The van der Waals surface area contributed by atoms with Gasteiger partial charge in [0, 0.05) is 5.69 Å². The number of carboxylic acids is 1. The number of hydrogen-bond acceptors (Lipinski definition) is 7. The molecule has 5 aliphatic carbocycles. The van der Waals surface area contributed by atoms with Crippen LogP contribution in [0.3, 0.4) is 0 Å². The first kappa shape index (κ1) is 30.3. The van der Waals surface area contributed by atoms with E-state index in [0.717, 1.165) is 73.9 Å². The number of aromatic nitrogens is 2. The number of nitrogens with zero attached hydrogens (tertiary/aromatic N) is 2. The van der Waals surface area contributed by atoms with E-state index in [4.69, 9.17) is 20.3 Å². The lowest BCUT2D eigenvalue weighted by Gasteiger charge is -2.59. The molecular weight excluding hydrogens is 586 g/mol. The fraction of sp³-hybridized carbons (Fsp3) is 0.486. The Hall–Kier alpha value is -4.38. The first-order valence-corrected chi connectivity index (χ1v) is 16.3. The van der Waals surface area contributed by atoms with Gasteiger partial charge in [-0.2, -0.15) is 5.10 Å². The first-order chi connectivity index (χ1) is 22.3. The number of benzene rings is 2. The SMILES string of the molecule is COc1cccc(OC)c1-c1cc(C(=O)NC2(C(=O)O)C3CC4CC(C3)CC2C4)nn1-c1ccc(NC(=O)CN)c2c1CCCC2. The Morgan fingerprint density at radius 2 is 1.59 bits per heavy atom. The van der Waals surface area contributed by atoms with Crippen molar-refractivity contribution < 1.29 is 29.0 Å². The molecule has 0 saturated heterocycles. The van der Waals surface area contributed by atoms with Crippen LogP contribution < -0.4 is 25.8 Å². The van der Waals surface area contributed by atoms with Crippen molar-refractivity contribution in [1.29, 1.82) is 0 Å². The molecule has 0 spiro atoms. The minimum atomic E-state index is -1.31. The van der Waals surface area contributed by atoms with Crippen LogP contribution in [0.5, 0.6) is 11.5 Å². The Morgan fingerprint density at radius 1 is 0.957 bits per heavy atom. The molecule has 242 valence electrons. The average Bonchev–Trinajstić information content (AvgIpc) is 3.50. The Bertz CT molecular complexity index is 1660. The van der Waals surface area contributed by atoms with Crippen LogP contribution in [0.2, 0.25) is 0 Å². The second kappa shape index (κ2) is 11.8. The largest absolute Gasteiger partial charge is 0.496 e. The van der Waals surface area contributed by atoms with Gasteiger partial charge in [0.05, 0.1) is 37.7 Å². The van der Waals surface area contributed by atoms with Gasteiger partial charge < -0.3 is 30.9 Å². The van der Waals surface area contributed by atoms with E-state index in [1.54, 1.807) is 25.0 Å². The molecule has 5 N–H and O–H groups in total. The third-order valence-electron chi connectivity index (χ3n) is 10.9. The Kier molecular flexibility index (Phi) is 7.75. The fourth-order valence-corrected chi connectivity index (χ4v) is 9.11. The van der Waals surface area contributed by atoms with Crippen molar-refractivity contribution in [3.05, 3.63) is 53.2 Å². The number of aliphatic carboxylic acids is 1. The molecule has 8 rings (SSSR count). The molecule has 1 aromatic heterocycles. The highest BCUT2D eigenvalue weighted by atomic mass is 16.5. The number of carboxylic acid groups (broad SMARTS) is 1. The number of fused-ring (bicyclic) bond motifs is 1. The molecule has 4 saturated carbocycles. The predicted octanol–water partition coefficient (Wildman–Crippen LogP) is 4.34. The Labute approximate surface area is 267 Å². The standard InChI is InChI=1S/C35H41N5O6/c1-45-29-8-5-9-30(46-2)32(29)28-17-26(33(42)38-35(34(43)44)21-13-19-12-20(15-21)16-22(35)14-19)39-40(28)27-11-10-25(37-31(41)18-36)23-6-3-4-7-24(23)27/h5,8-11,17,19-22H,3-4,6-7,12-16,18,36H2,1-2H3,(H,37,41)(H,38,42)(H,43,44). The highest BCUT2D eigenvalue weighted by molar-refractivity contribution is 5.98. The van der Waals surface area contributed by atoms with Crippen molar-refractivity contribution in [2.75, 3.05) is 26.1 Å². The zero-order valence-corrected chi connectivity index (χ0v) is 26.3. The summed E-state index contributed by atoms with van der Waals surface area (Å²) in [5.74, 6) is 0.240. The molecule has 0 atom stereocenters. The maximum absolute atomic E-state index is 14.2. The summed E-state index contributed by atoms with van der Waals surface area (Å²) in [5, 5.41) is 21.6. The molecular formula is C35H41N5O6. The number of nitrogens with one attached hydrogen (secondary N) is 2. The smallest absolute Gasteiger partial charge is 0.330 e. The summed E-state index contributed by atoms with van der Waals surface area (Å²) in [7, 11) is 3.15. The predicted molar refractivity (Wildman–Crippen MR) is 171 cm³/mol. The average molecular weight is 628 g/mol. The number of methoxy groups -OCH3 is 2. The second-order valence-corrected chi connectivity index (χ2v) is 13.3. The minimum absolute atomic E-state index is 0.0932. The van der Waals surface area contributed by atoms with Gasteiger partial charge in [-0.1, -0.05) is 6.07 Å². The molecule has 2 aromatic carbocycles. The van der Waals surface area contributed by atoms with E-state index < -0.39 is 17.4 Å². The molecule has 11 nitrogen and oxygen atoms in total. The topological polar surface area (TPSA) is 158 Å². The molecule has 0 unspecified atom stereocenters. The molecule has 4 bridgehead atoms. The van der Waals surface area contributed by atoms with Gasteiger partial charge in [0.15, 0.2) is 5.69 Å². The Balaban J connectivity index is 1.36. The van der Waals surface area contributed by atoms with Crippen LogP contribution >= 0.6 is 0 Å².